The Morgan fingerprint density at radius 1 is 1.33 bits per heavy atom. The third kappa shape index (κ3) is 2.70. The molecule has 0 radical (unpaired) electrons. The molecule has 1 atom stereocenters. The fraction of sp³-hybridized carbons (Fsp3) is 0.400. The molecule has 2 N–H and O–H groups in total. The maximum absolute atomic E-state index is 11.9. The first-order valence-electron chi connectivity index (χ1n) is 4.57. The molecule has 1 aromatic rings. The molecule has 0 amide bonds. The van der Waals surface area contributed by atoms with E-state index in [-0.39, 0.29) is 11.5 Å². The summed E-state index contributed by atoms with van der Waals surface area (Å²) in [4.78, 5) is 0.279. The van der Waals surface area contributed by atoms with Crippen molar-refractivity contribution in [2.24, 2.45) is 0 Å². The lowest BCUT2D eigenvalue weighted by molar-refractivity contribution is 0.200. The molecular formula is C10H15NO3S. The Balaban J connectivity index is 3.01. The van der Waals surface area contributed by atoms with Gasteiger partial charge in [0.1, 0.15) is 0 Å². The number of ether oxygens (including phenoxy) is 1. The van der Waals surface area contributed by atoms with Crippen molar-refractivity contribution < 1.29 is 13.2 Å². The molecule has 0 bridgehead atoms. The van der Waals surface area contributed by atoms with Crippen LogP contribution in [0.3, 0.4) is 0 Å². The molecule has 0 heterocycles. The van der Waals surface area contributed by atoms with Crippen molar-refractivity contribution in [2.75, 3.05) is 19.5 Å². The van der Waals surface area contributed by atoms with E-state index in [1.165, 1.54) is 19.2 Å². The summed E-state index contributed by atoms with van der Waals surface area (Å²) in [7, 11) is -1.82. The molecule has 84 valence electrons. The van der Waals surface area contributed by atoms with Crippen LogP contribution in [-0.4, -0.2) is 27.4 Å². The quantitative estimate of drug-likeness (QED) is 0.784. The maximum Gasteiger partial charge on any atom is 0.183 e. The van der Waals surface area contributed by atoms with Crippen LogP contribution in [0.25, 0.3) is 0 Å². The average Bonchev–Trinajstić information content (AvgIpc) is 2.18. The number of hydrogen-bond acceptors (Lipinski definition) is 4. The molecule has 4 nitrogen and oxygen atoms in total. The maximum atomic E-state index is 11.9. The average molecular weight is 229 g/mol. The van der Waals surface area contributed by atoms with Crippen molar-refractivity contribution >= 4 is 15.5 Å². The van der Waals surface area contributed by atoms with Crippen LogP contribution in [0.15, 0.2) is 29.2 Å². The van der Waals surface area contributed by atoms with Gasteiger partial charge in [-0.3, -0.25) is 0 Å². The van der Waals surface area contributed by atoms with E-state index in [0.29, 0.717) is 5.69 Å². The van der Waals surface area contributed by atoms with E-state index in [4.69, 9.17) is 10.5 Å². The van der Waals surface area contributed by atoms with Gasteiger partial charge in [-0.05, 0) is 31.2 Å². The predicted octanol–water partition coefficient (Wildman–Crippen LogP) is 1.08. The number of benzene rings is 1. The first-order valence-corrected chi connectivity index (χ1v) is 6.11. The van der Waals surface area contributed by atoms with E-state index in [1.54, 1.807) is 19.1 Å². The molecule has 0 aliphatic heterocycles. The van der Waals surface area contributed by atoms with Gasteiger partial charge in [-0.25, -0.2) is 8.42 Å². The largest absolute Gasteiger partial charge is 0.399 e. The van der Waals surface area contributed by atoms with Crippen LogP contribution in [0.2, 0.25) is 0 Å². The van der Waals surface area contributed by atoms with Gasteiger partial charge in [0.15, 0.2) is 9.84 Å². The van der Waals surface area contributed by atoms with Crippen LogP contribution in [0, 0.1) is 0 Å². The summed E-state index contributed by atoms with van der Waals surface area (Å²) in [6.45, 7) is 1.81. The van der Waals surface area contributed by atoms with Crippen molar-refractivity contribution in [3.8, 4) is 0 Å². The van der Waals surface area contributed by atoms with Crippen molar-refractivity contribution in [3.63, 3.8) is 0 Å². The Morgan fingerprint density at radius 2 is 1.87 bits per heavy atom. The van der Waals surface area contributed by atoms with E-state index < -0.39 is 15.1 Å². The highest BCUT2D eigenvalue weighted by Gasteiger charge is 2.22. The fourth-order valence-electron chi connectivity index (χ4n) is 1.21. The van der Waals surface area contributed by atoms with Gasteiger partial charge in [-0.1, -0.05) is 0 Å². The first-order chi connectivity index (χ1) is 6.98. The Bertz CT molecular complexity index is 411. The van der Waals surface area contributed by atoms with Crippen molar-refractivity contribution in [2.45, 2.75) is 17.1 Å². The molecule has 1 aromatic carbocycles. The van der Waals surface area contributed by atoms with Crippen LogP contribution in [-0.2, 0) is 14.6 Å². The Labute approximate surface area is 90.0 Å². The zero-order valence-electron chi connectivity index (χ0n) is 8.80. The summed E-state index contributed by atoms with van der Waals surface area (Å²) in [6.07, 6.45) is 0. The summed E-state index contributed by atoms with van der Waals surface area (Å²) >= 11 is 0. The fourth-order valence-corrected chi connectivity index (χ4v) is 2.51. The van der Waals surface area contributed by atoms with Crippen LogP contribution in [0.5, 0.6) is 0 Å². The number of nitrogen functional groups attached to an aromatic ring is 1. The molecule has 0 aliphatic rings. The van der Waals surface area contributed by atoms with Gasteiger partial charge in [0.05, 0.1) is 16.8 Å². The summed E-state index contributed by atoms with van der Waals surface area (Å²) < 4.78 is 28.7. The van der Waals surface area contributed by atoms with E-state index >= 15 is 0 Å². The van der Waals surface area contributed by atoms with E-state index in [0.717, 1.165) is 0 Å². The lowest BCUT2D eigenvalue weighted by atomic mass is 10.3. The number of rotatable bonds is 4. The van der Waals surface area contributed by atoms with Gasteiger partial charge < -0.3 is 10.5 Å². The van der Waals surface area contributed by atoms with Crippen LogP contribution < -0.4 is 5.73 Å². The Morgan fingerprint density at radius 3 is 2.33 bits per heavy atom. The molecular weight excluding hydrogens is 214 g/mol. The zero-order valence-corrected chi connectivity index (χ0v) is 9.62. The third-order valence-electron chi connectivity index (χ3n) is 2.14. The minimum atomic E-state index is -3.30. The number of nitrogens with two attached hydrogens (primary N) is 1. The van der Waals surface area contributed by atoms with Crippen LogP contribution >= 0.6 is 0 Å². The molecule has 0 aromatic heterocycles. The lowest BCUT2D eigenvalue weighted by Gasteiger charge is -2.11. The van der Waals surface area contributed by atoms with Gasteiger partial charge >= 0.3 is 0 Å². The second-order valence-electron chi connectivity index (χ2n) is 3.38. The summed E-state index contributed by atoms with van der Waals surface area (Å²) in [5, 5.41) is -0.550. The lowest BCUT2D eigenvalue weighted by Crippen LogP contribution is -2.22. The Hall–Kier alpha value is -1.07. The van der Waals surface area contributed by atoms with Gasteiger partial charge in [0, 0.05) is 12.8 Å². The Kier molecular flexibility index (Phi) is 3.71. The second-order valence-corrected chi connectivity index (χ2v) is 5.75. The van der Waals surface area contributed by atoms with Gasteiger partial charge in [0.25, 0.3) is 0 Å². The van der Waals surface area contributed by atoms with E-state index in [9.17, 15) is 8.42 Å². The van der Waals surface area contributed by atoms with Crippen LogP contribution in [0.1, 0.15) is 6.92 Å². The molecule has 1 unspecified atom stereocenters. The molecule has 0 saturated carbocycles. The van der Waals surface area contributed by atoms with Gasteiger partial charge in [0.2, 0.25) is 0 Å². The van der Waals surface area contributed by atoms with Gasteiger partial charge in [-0.15, -0.1) is 0 Å². The number of anilines is 1. The minimum Gasteiger partial charge on any atom is -0.399 e. The minimum absolute atomic E-state index is 0.187. The number of methoxy groups -OCH3 is 1. The van der Waals surface area contributed by atoms with Crippen molar-refractivity contribution in [1.82, 2.24) is 0 Å². The van der Waals surface area contributed by atoms with Crippen LogP contribution in [0.4, 0.5) is 5.69 Å². The highest BCUT2D eigenvalue weighted by Crippen LogP contribution is 2.17. The molecule has 15 heavy (non-hydrogen) atoms. The van der Waals surface area contributed by atoms with Gasteiger partial charge in [-0.2, -0.15) is 0 Å². The molecule has 0 saturated heterocycles. The molecule has 1 rings (SSSR count). The smallest absolute Gasteiger partial charge is 0.183 e. The van der Waals surface area contributed by atoms with E-state index in [2.05, 4.69) is 0 Å². The predicted molar refractivity (Wildman–Crippen MR) is 59.4 cm³/mol. The number of sulfone groups is 1. The normalized spacial score (nSPS) is 13.7. The summed E-state index contributed by atoms with van der Waals surface area (Å²) in [5.41, 5.74) is 6.03. The topological polar surface area (TPSA) is 69.4 Å². The highest BCUT2D eigenvalue weighted by atomic mass is 32.2. The highest BCUT2D eigenvalue weighted by molar-refractivity contribution is 7.92. The summed E-state index contributed by atoms with van der Waals surface area (Å²) in [6, 6.07) is 6.17. The van der Waals surface area contributed by atoms with E-state index in [1.807, 2.05) is 0 Å². The monoisotopic (exact) mass is 229 g/mol. The first kappa shape index (κ1) is 12.0. The SMILES string of the molecule is COCC(C)S(=O)(=O)c1ccc(N)cc1. The molecule has 0 aliphatic carbocycles. The third-order valence-corrected chi connectivity index (χ3v) is 4.26. The molecule has 0 spiro atoms. The number of hydrogen-bond donors (Lipinski definition) is 1. The molecule has 5 heteroatoms. The molecule has 0 fully saturated rings. The summed E-state index contributed by atoms with van der Waals surface area (Å²) in [5.74, 6) is 0. The zero-order chi connectivity index (χ0) is 11.5. The second kappa shape index (κ2) is 4.63. The van der Waals surface area contributed by atoms with Crippen molar-refractivity contribution in [1.29, 1.82) is 0 Å². The van der Waals surface area contributed by atoms with Crippen molar-refractivity contribution in [3.05, 3.63) is 24.3 Å². The standard InChI is InChI=1S/C10H15NO3S/c1-8(7-14-2)15(12,13)10-5-3-9(11)4-6-10/h3-6,8H,7,11H2,1-2H3.